The predicted octanol–water partition coefficient (Wildman–Crippen LogP) is 3.87. The molecule has 104 valence electrons. The normalized spacial score (nSPS) is 11.1. The highest BCUT2D eigenvalue weighted by atomic mass is 35.5. The van der Waals surface area contributed by atoms with Crippen molar-refractivity contribution in [2.24, 2.45) is 0 Å². The van der Waals surface area contributed by atoms with Crippen LogP contribution in [0.2, 0.25) is 8.67 Å². The second-order valence-corrected chi connectivity index (χ2v) is 7.54. The third-order valence-corrected chi connectivity index (χ3v) is 5.39. The lowest BCUT2D eigenvalue weighted by atomic mass is 10.2. The molecule has 9 heteroatoms. The summed E-state index contributed by atoms with van der Waals surface area (Å²) in [5, 5.41) is 8.70. The van der Waals surface area contributed by atoms with Gasteiger partial charge < -0.3 is 0 Å². The van der Waals surface area contributed by atoms with E-state index < -0.39 is 15.8 Å². The number of thiophene rings is 1. The molecule has 0 aliphatic carbocycles. The maximum atomic E-state index is 13.2. The lowest BCUT2D eigenvalue weighted by Crippen LogP contribution is -2.12. The minimum absolute atomic E-state index is 0.0186. The Labute approximate surface area is 128 Å². The molecule has 0 atom stereocenters. The van der Waals surface area contributed by atoms with Gasteiger partial charge in [0.15, 0.2) is 0 Å². The van der Waals surface area contributed by atoms with E-state index in [1.165, 1.54) is 12.1 Å². The van der Waals surface area contributed by atoms with Crippen LogP contribution in [0.15, 0.2) is 29.2 Å². The Kier molecular flexibility index (Phi) is 4.20. The molecular formula is C11H5Cl2FN2O2S2. The molecule has 20 heavy (non-hydrogen) atoms. The third kappa shape index (κ3) is 3.04. The van der Waals surface area contributed by atoms with Crippen molar-refractivity contribution in [3.63, 3.8) is 0 Å². The SMILES string of the molecule is N#Cc1cc(NS(=O)(=O)c2cc(Cl)sc2Cl)ccc1F. The fourth-order valence-electron chi connectivity index (χ4n) is 1.39. The number of benzene rings is 1. The second kappa shape index (κ2) is 5.58. The Morgan fingerprint density at radius 1 is 1.30 bits per heavy atom. The minimum Gasteiger partial charge on any atom is -0.280 e. The van der Waals surface area contributed by atoms with Gasteiger partial charge >= 0.3 is 0 Å². The van der Waals surface area contributed by atoms with Crippen molar-refractivity contribution >= 4 is 50.2 Å². The highest BCUT2D eigenvalue weighted by Gasteiger charge is 2.21. The van der Waals surface area contributed by atoms with E-state index in [0.717, 1.165) is 23.5 Å². The molecule has 0 spiro atoms. The Bertz CT molecular complexity index is 812. The van der Waals surface area contributed by atoms with E-state index in [2.05, 4.69) is 4.72 Å². The number of anilines is 1. The van der Waals surface area contributed by atoms with Gasteiger partial charge in [0.2, 0.25) is 0 Å². The van der Waals surface area contributed by atoms with Crippen LogP contribution in [0, 0.1) is 17.1 Å². The van der Waals surface area contributed by atoms with Crippen molar-refractivity contribution in [1.82, 2.24) is 0 Å². The summed E-state index contributed by atoms with van der Waals surface area (Å²) in [4.78, 5) is -0.169. The van der Waals surface area contributed by atoms with Crippen LogP contribution >= 0.6 is 34.5 Å². The molecule has 0 amide bonds. The number of sulfonamides is 1. The average Bonchev–Trinajstić information content (AvgIpc) is 2.71. The number of nitrogens with zero attached hydrogens (tertiary/aromatic N) is 1. The smallest absolute Gasteiger partial charge is 0.264 e. The molecule has 1 heterocycles. The van der Waals surface area contributed by atoms with E-state index in [1.807, 2.05) is 0 Å². The van der Waals surface area contributed by atoms with Gasteiger partial charge in [-0.2, -0.15) is 5.26 Å². The Morgan fingerprint density at radius 3 is 2.55 bits per heavy atom. The first-order valence-corrected chi connectivity index (χ1v) is 8.06. The number of rotatable bonds is 3. The molecule has 0 unspecified atom stereocenters. The van der Waals surface area contributed by atoms with Crippen LogP contribution in [0.3, 0.4) is 0 Å². The molecule has 1 aromatic carbocycles. The van der Waals surface area contributed by atoms with Gasteiger partial charge in [-0.05, 0) is 24.3 Å². The summed E-state index contributed by atoms with van der Waals surface area (Å²) < 4.78 is 39.8. The van der Waals surface area contributed by atoms with Crippen LogP contribution in [0.25, 0.3) is 0 Å². The fourth-order valence-corrected chi connectivity index (χ4v) is 4.59. The van der Waals surface area contributed by atoms with Crippen molar-refractivity contribution in [3.8, 4) is 6.07 Å². The topological polar surface area (TPSA) is 70.0 Å². The summed E-state index contributed by atoms with van der Waals surface area (Å²) in [6.07, 6.45) is 0. The van der Waals surface area contributed by atoms with E-state index in [0.29, 0.717) is 0 Å². The van der Waals surface area contributed by atoms with Crippen LogP contribution in [0.1, 0.15) is 5.56 Å². The zero-order valence-corrected chi connectivity index (χ0v) is 12.7. The molecule has 0 fully saturated rings. The van der Waals surface area contributed by atoms with Crippen LogP contribution in [-0.2, 0) is 10.0 Å². The quantitative estimate of drug-likeness (QED) is 0.913. The first kappa shape index (κ1) is 15.1. The second-order valence-electron chi connectivity index (χ2n) is 3.60. The zero-order valence-electron chi connectivity index (χ0n) is 9.52. The molecule has 2 rings (SSSR count). The molecular weight excluding hydrogens is 346 g/mol. The number of halogens is 3. The molecule has 1 N–H and O–H groups in total. The minimum atomic E-state index is -3.95. The Balaban J connectivity index is 2.39. The van der Waals surface area contributed by atoms with Crippen molar-refractivity contribution in [3.05, 3.63) is 44.3 Å². The summed E-state index contributed by atoms with van der Waals surface area (Å²) in [6, 6.07) is 6.13. The first-order chi connectivity index (χ1) is 9.33. The first-order valence-electron chi connectivity index (χ1n) is 5.01. The van der Waals surface area contributed by atoms with Gasteiger partial charge in [0.05, 0.1) is 15.6 Å². The third-order valence-electron chi connectivity index (χ3n) is 2.25. The number of nitriles is 1. The highest BCUT2D eigenvalue weighted by Crippen LogP contribution is 2.35. The van der Waals surface area contributed by atoms with E-state index in [-0.39, 0.29) is 24.8 Å². The summed E-state index contributed by atoms with van der Waals surface area (Å²) in [7, 11) is -3.95. The van der Waals surface area contributed by atoms with Crippen molar-refractivity contribution in [1.29, 1.82) is 5.26 Å². The number of hydrogen-bond donors (Lipinski definition) is 1. The molecule has 0 aliphatic heterocycles. The fraction of sp³-hybridized carbons (Fsp3) is 0. The summed E-state index contributed by atoms with van der Waals surface area (Å²) in [5.74, 6) is -0.730. The summed E-state index contributed by atoms with van der Waals surface area (Å²) in [6.45, 7) is 0. The van der Waals surface area contributed by atoms with Crippen LogP contribution in [0.5, 0.6) is 0 Å². The standard InChI is InChI=1S/C11H5Cl2FN2O2S2/c12-10-4-9(11(13)19-10)20(17,18)16-7-1-2-8(14)6(3-7)5-15/h1-4,16H. The maximum absolute atomic E-state index is 13.2. The lowest BCUT2D eigenvalue weighted by molar-refractivity contribution is 0.601. The van der Waals surface area contributed by atoms with E-state index in [1.54, 1.807) is 6.07 Å². The van der Waals surface area contributed by atoms with Crippen molar-refractivity contribution in [2.45, 2.75) is 4.90 Å². The van der Waals surface area contributed by atoms with Gasteiger partial charge in [-0.3, -0.25) is 4.72 Å². The van der Waals surface area contributed by atoms with Crippen molar-refractivity contribution in [2.75, 3.05) is 4.72 Å². The van der Waals surface area contributed by atoms with Crippen LogP contribution in [-0.4, -0.2) is 8.42 Å². The van der Waals surface area contributed by atoms with Crippen LogP contribution < -0.4 is 4.72 Å². The molecule has 0 aliphatic rings. The van der Waals surface area contributed by atoms with E-state index in [9.17, 15) is 12.8 Å². The van der Waals surface area contributed by atoms with Gasteiger partial charge in [-0.25, -0.2) is 12.8 Å². The molecule has 0 radical (unpaired) electrons. The molecule has 0 bridgehead atoms. The number of hydrogen-bond acceptors (Lipinski definition) is 4. The molecule has 1 aromatic heterocycles. The largest absolute Gasteiger partial charge is 0.280 e. The van der Waals surface area contributed by atoms with Crippen molar-refractivity contribution < 1.29 is 12.8 Å². The van der Waals surface area contributed by atoms with E-state index >= 15 is 0 Å². The lowest BCUT2D eigenvalue weighted by Gasteiger charge is -2.07. The number of nitrogens with one attached hydrogen (secondary N) is 1. The Morgan fingerprint density at radius 2 is 2.00 bits per heavy atom. The van der Waals surface area contributed by atoms with Gasteiger partial charge in [0.25, 0.3) is 10.0 Å². The molecule has 0 saturated heterocycles. The average molecular weight is 351 g/mol. The van der Waals surface area contributed by atoms with E-state index in [4.69, 9.17) is 28.5 Å². The molecule has 4 nitrogen and oxygen atoms in total. The maximum Gasteiger partial charge on any atom is 0.264 e. The predicted molar refractivity (Wildman–Crippen MR) is 76.3 cm³/mol. The zero-order chi connectivity index (χ0) is 14.9. The summed E-state index contributed by atoms with van der Waals surface area (Å²) in [5.41, 5.74) is -0.207. The molecule has 0 saturated carbocycles. The van der Waals surface area contributed by atoms with Gasteiger partial charge in [-0.1, -0.05) is 23.2 Å². The van der Waals surface area contributed by atoms with Gasteiger partial charge in [0, 0.05) is 0 Å². The van der Waals surface area contributed by atoms with Crippen LogP contribution in [0.4, 0.5) is 10.1 Å². The summed E-state index contributed by atoms with van der Waals surface area (Å²) >= 11 is 12.4. The molecule has 2 aromatic rings. The Hall–Kier alpha value is -1.33. The van der Waals surface area contributed by atoms with Gasteiger partial charge in [-0.15, -0.1) is 11.3 Å². The monoisotopic (exact) mass is 350 g/mol. The van der Waals surface area contributed by atoms with Gasteiger partial charge in [0.1, 0.15) is 21.1 Å². The highest BCUT2D eigenvalue weighted by molar-refractivity contribution is 7.93.